The molecule has 3 aromatic rings. The number of fused-ring (bicyclic) bond motifs is 1. The lowest BCUT2D eigenvalue weighted by Crippen LogP contribution is -2.26. The molecule has 0 saturated heterocycles. The van der Waals surface area contributed by atoms with Gasteiger partial charge in [-0.15, -0.1) is 0 Å². The first-order valence-electron chi connectivity index (χ1n) is 9.19. The summed E-state index contributed by atoms with van der Waals surface area (Å²) < 4.78 is 5.93. The van der Waals surface area contributed by atoms with Crippen molar-refractivity contribution in [2.45, 2.75) is 13.5 Å². The summed E-state index contributed by atoms with van der Waals surface area (Å²) in [6, 6.07) is 13.1. The number of aliphatic hydroxyl groups is 1. The van der Waals surface area contributed by atoms with Crippen molar-refractivity contribution in [2.75, 3.05) is 19.7 Å². The maximum absolute atomic E-state index is 9.13. The number of hydrogen-bond donors (Lipinski definition) is 4. The molecular formula is C21H25N5O2. The van der Waals surface area contributed by atoms with Crippen molar-refractivity contribution in [2.24, 2.45) is 5.73 Å². The fraction of sp³-hybridized carbons (Fsp3) is 0.238. The van der Waals surface area contributed by atoms with Crippen molar-refractivity contribution in [1.29, 1.82) is 5.41 Å². The quantitative estimate of drug-likeness (QED) is 0.427. The molecule has 1 aromatic heterocycles. The lowest BCUT2D eigenvalue weighted by molar-refractivity contribution is 0.194. The van der Waals surface area contributed by atoms with Crippen molar-refractivity contribution < 1.29 is 9.84 Å². The van der Waals surface area contributed by atoms with Gasteiger partial charge in [0.15, 0.2) is 0 Å². The smallest absolute Gasteiger partial charge is 0.129 e. The van der Waals surface area contributed by atoms with Gasteiger partial charge >= 0.3 is 0 Å². The Morgan fingerprint density at radius 3 is 2.68 bits per heavy atom. The average molecular weight is 379 g/mol. The number of ether oxygens (including phenoxy) is 1. The van der Waals surface area contributed by atoms with Crippen LogP contribution in [0.3, 0.4) is 0 Å². The van der Waals surface area contributed by atoms with Crippen LogP contribution in [-0.4, -0.2) is 45.9 Å². The lowest BCUT2D eigenvalue weighted by Gasteiger charge is -2.16. The van der Waals surface area contributed by atoms with Crippen molar-refractivity contribution in [3.05, 3.63) is 59.9 Å². The molecule has 3 rings (SSSR count). The second kappa shape index (κ2) is 9.16. The predicted molar refractivity (Wildman–Crippen MR) is 112 cm³/mol. The van der Waals surface area contributed by atoms with Crippen molar-refractivity contribution >= 4 is 22.9 Å². The minimum Gasteiger partial charge on any atom is -0.457 e. The van der Waals surface area contributed by atoms with Crippen LogP contribution in [0.4, 0.5) is 0 Å². The second-order valence-corrected chi connectivity index (χ2v) is 6.37. The zero-order valence-corrected chi connectivity index (χ0v) is 15.9. The summed E-state index contributed by atoms with van der Waals surface area (Å²) >= 11 is 0. The zero-order chi connectivity index (χ0) is 19.9. The molecule has 0 aliphatic carbocycles. The molecule has 146 valence electrons. The van der Waals surface area contributed by atoms with Gasteiger partial charge in [-0.3, -0.25) is 4.90 Å². The number of nitrogens with one attached hydrogen (secondary N) is 2. The molecule has 0 amide bonds. The van der Waals surface area contributed by atoms with Crippen LogP contribution in [0.1, 0.15) is 18.3 Å². The molecule has 7 nitrogen and oxygen atoms in total. The number of aromatic nitrogens is 2. The fourth-order valence-corrected chi connectivity index (χ4v) is 2.92. The van der Waals surface area contributed by atoms with Crippen LogP contribution >= 0.6 is 0 Å². The number of imidazole rings is 1. The number of rotatable bonds is 9. The monoisotopic (exact) mass is 379 g/mol. The molecule has 2 aromatic carbocycles. The van der Waals surface area contributed by atoms with E-state index in [1.807, 2.05) is 42.5 Å². The largest absolute Gasteiger partial charge is 0.457 e. The Morgan fingerprint density at radius 2 is 2.00 bits per heavy atom. The predicted octanol–water partition coefficient (Wildman–Crippen LogP) is 3.12. The molecular weight excluding hydrogens is 354 g/mol. The van der Waals surface area contributed by atoms with Gasteiger partial charge in [-0.2, -0.15) is 0 Å². The Bertz CT molecular complexity index is 963. The van der Waals surface area contributed by atoms with Gasteiger partial charge in [0.1, 0.15) is 17.3 Å². The van der Waals surface area contributed by atoms with Gasteiger partial charge in [0.2, 0.25) is 0 Å². The minimum absolute atomic E-state index is 0.133. The standard InChI is InChI=1S/C21H25N5O2/c1-2-26(11-12-27)14-21-24-19-8-7-17(13-20(19)25-21)28-16-5-3-15(4-6-16)18(23)9-10-22/h3-10,13,22,27H,2,11-12,14,23H2,1H3,(H,24,25)/b18-9-,22-10?. The van der Waals surface area contributed by atoms with Gasteiger partial charge < -0.3 is 26.0 Å². The highest BCUT2D eigenvalue weighted by atomic mass is 16.5. The summed E-state index contributed by atoms with van der Waals surface area (Å²) in [4.78, 5) is 10.1. The van der Waals surface area contributed by atoms with E-state index in [4.69, 9.17) is 21.0 Å². The highest BCUT2D eigenvalue weighted by Gasteiger charge is 2.09. The number of H-pyrrole nitrogens is 1. The van der Waals surface area contributed by atoms with Gasteiger partial charge in [-0.05, 0) is 54.6 Å². The molecule has 0 unspecified atom stereocenters. The highest BCUT2D eigenvalue weighted by molar-refractivity contribution is 5.81. The van der Waals surface area contributed by atoms with Crippen LogP contribution < -0.4 is 10.5 Å². The summed E-state index contributed by atoms with van der Waals surface area (Å²) in [7, 11) is 0. The Kier molecular flexibility index (Phi) is 6.41. The molecule has 0 atom stereocenters. The summed E-state index contributed by atoms with van der Waals surface area (Å²) in [5.41, 5.74) is 9.04. The number of benzene rings is 2. The number of aliphatic hydroxyl groups excluding tert-OH is 1. The molecule has 28 heavy (non-hydrogen) atoms. The molecule has 0 saturated carbocycles. The van der Waals surface area contributed by atoms with Crippen LogP contribution in [0, 0.1) is 5.41 Å². The van der Waals surface area contributed by atoms with Gasteiger partial charge in [-0.25, -0.2) is 4.98 Å². The number of nitrogens with zero attached hydrogens (tertiary/aromatic N) is 2. The zero-order valence-electron chi connectivity index (χ0n) is 15.9. The van der Waals surface area contributed by atoms with Gasteiger partial charge in [0, 0.05) is 24.5 Å². The van der Waals surface area contributed by atoms with Crippen molar-refractivity contribution in [1.82, 2.24) is 14.9 Å². The van der Waals surface area contributed by atoms with Crippen molar-refractivity contribution in [3.8, 4) is 11.5 Å². The maximum Gasteiger partial charge on any atom is 0.129 e. The molecule has 5 N–H and O–H groups in total. The first-order valence-corrected chi connectivity index (χ1v) is 9.19. The lowest BCUT2D eigenvalue weighted by atomic mass is 10.1. The molecule has 0 radical (unpaired) electrons. The van der Waals surface area contributed by atoms with Crippen LogP contribution in [0.5, 0.6) is 11.5 Å². The number of likely N-dealkylation sites (N-methyl/N-ethyl adjacent to an activating group) is 1. The van der Waals surface area contributed by atoms with Gasteiger partial charge in [-0.1, -0.05) is 6.92 Å². The second-order valence-electron chi connectivity index (χ2n) is 6.37. The summed E-state index contributed by atoms with van der Waals surface area (Å²) in [6.07, 6.45) is 2.71. The highest BCUT2D eigenvalue weighted by Crippen LogP contribution is 2.26. The van der Waals surface area contributed by atoms with Crippen LogP contribution in [0.25, 0.3) is 16.7 Å². The van der Waals surface area contributed by atoms with Gasteiger partial charge in [0.25, 0.3) is 0 Å². The molecule has 0 spiro atoms. The Morgan fingerprint density at radius 1 is 1.25 bits per heavy atom. The first kappa shape index (κ1) is 19.6. The molecule has 0 fully saturated rings. The number of hydrogen-bond acceptors (Lipinski definition) is 6. The molecule has 7 heteroatoms. The third-order valence-electron chi connectivity index (χ3n) is 4.43. The van der Waals surface area contributed by atoms with E-state index in [1.54, 1.807) is 6.08 Å². The van der Waals surface area contributed by atoms with E-state index < -0.39 is 0 Å². The molecule has 0 bridgehead atoms. The summed E-state index contributed by atoms with van der Waals surface area (Å²) in [6.45, 7) is 4.32. The Balaban J connectivity index is 1.73. The van der Waals surface area contributed by atoms with E-state index in [0.29, 0.717) is 30.3 Å². The number of aromatic amines is 1. The molecule has 1 heterocycles. The van der Waals surface area contributed by atoms with Crippen LogP contribution in [0.2, 0.25) is 0 Å². The summed E-state index contributed by atoms with van der Waals surface area (Å²) in [5, 5.41) is 16.2. The topological polar surface area (TPSA) is 111 Å². The van der Waals surface area contributed by atoms with E-state index >= 15 is 0 Å². The Labute approximate surface area is 164 Å². The van der Waals surface area contributed by atoms with E-state index in [9.17, 15) is 0 Å². The molecule has 0 aliphatic heterocycles. The fourth-order valence-electron chi connectivity index (χ4n) is 2.92. The normalized spacial score (nSPS) is 11.9. The van der Waals surface area contributed by atoms with E-state index in [2.05, 4.69) is 21.8 Å². The third-order valence-corrected chi connectivity index (χ3v) is 4.43. The minimum atomic E-state index is 0.133. The molecule has 0 aliphatic rings. The maximum atomic E-state index is 9.13. The van der Waals surface area contributed by atoms with Gasteiger partial charge in [0.05, 0.1) is 24.2 Å². The van der Waals surface area contributed by atoms with Crippen LogP contribution in [0.15, 0.2) is 48.5 Å². The average Bonchev–Trinajstić information content (AvgIpc) is 3.10. The van der Waals surface area contributed by atoms with E-state index in [0.717, 1.165) is 35.2 Å². The van der Waals surface area contributed by atoms with Crippen molar-refractivity contribution in [3.63, 3.8) is 0 Å². The van der Waals surface area contributed by atoms with E-state index in [1.165, 1.54) is 0 Å². The SMILES string of the molecule is CCN(CCO)Cc1nc2ccc(Oc3ccc(/C(N)=C/C=N)cc3)cc2[nH]1. The number of allylic oxidation sites excluding steroid dienone is 1. The first-order chi connectivity index (χ1) is 13.6. The number of nitrogens with two attached hydrogens (primary N) is 1. The Hall–Kier alpha value is -3.16. The van der Waals surface area contributed by atoms with Crippen LogP contribution in [-0.2, 0) is 6.54 Å². The third kappa shape index (κ3) is 4.76. The van der Waals surface area contributed by atoms with E-state index in [-0.39, 0.29) is 6.61 Å². The summed E-state index contributed by atoms with van der Waals surface area (Å²) in [5.74, 6) is 2.27.